The van der Waals surface area contributed by atoms with Crippen LogP contribution in [0.3, 0.4) is 0 Å². The van der Waals surface area contributed by atoms with Crippen LogP contribution in [0.15, 0.2) is 30.3 Å². The topological polar surface area (TPSA) is 35.6 Å². The highest BCUT2D eigenvalue weighted by atomic mass is 16.1. The standard InChI is InChI=1S/C22H33N3O/c26-22(21-17-18-8-9-19(21)16-18)23-10-4-5-11-24-12-14-25(15-13-24)20-6-2-1-3-7-20/h1-3,6-7,18-19,21H,4-5,8-17H2,(H,23,26)/t18-,19-,21+/m0/s1. The third kappa shape index (κ3) is 4.22. The minimum atomic E-state index is 0.333. The zero-order valence-corrected chi connectivity index (χ0v) is 15.9. The summed E-state index contributed by atoms with van der Waals surface area (Å²) in [5.74, 6) is 2.22. The molecule has 0 aromatic heterocycles. The Kier molecular flexibility index (Phi) is 5.78. The Bertz CT molecular complexity index is 582. The van der Waals surface area contributed by atoms with E-state index in [1.165, 1.54) is 31.4 Å². The molecule has 0 spiro atoms. The predicted molar refractivity (Wildman–Crippen MR) is 106 cm³/mol. The van der Waals surface area contributed by atoms with Crippen LogP contribution in [-0.4, -0.2) is 50.1 Å². The van der Waals surface area contributed by atoms with Crippen molar-refractivity contribution in [1.82, 2.24) is 10.2 Å². The highest BCUT2D eigenvalue weighted by Gasteiger charge is 2.42. The van der Waals surface area contributed by atoms with Gasteiger partial charge < -0.3 is 10.2 Å². The average Bonchev–Trinajstić information content (AvgIpc) is 3.32. The smallest absolute Gasteiger partial charge is 0.223 e. The molecular weight excluding hydrogens is 322 g/mol. The van der Waals surface area contributed by atoms with E-state index in [1.54, 1.807) is 0 Å². The molecule has 2 aliphatic carbocycles. The van der Waals surface area contributed by atoms with Gasteiger partial charge in [-0.05, 0) is 62.6 Å². The van der Waals surface area contributed by atoms with Gasteiger partial charge in [0.15, 0.2) is 0 Å². The molecule has 2 saturated carbocycles. The van der Waals surface area contributed by atoms with Crippen LogP contribution < -0.4 is 10.2 Å². The third-order valence-corrected chi connectivity index (χ3v) is 6.77. The average molecular weight is 356 g/mol. The van der Waals surface area contributed by atoms with Gasteiger partial charge >= 0.3 is 0 Å². The molecule has 2 bridgehead atoms. The number of para-hydroxylation sites is 1. The van der Waals surface area contributed by atoms with E-state index in [4.69, 9.17) is 0 Å². The lowest BCUT2D eigenvalue weighted by molar-refractivity contribution is -0.126. The van der Waals surface area contributed by atoms with Crippen molar-refractivity contribution in [1.29, 1.82) is 0 Å². The minimum absolute atomic E-state index is 0.333. The van der Waals surface area contributed by atoms with Crippen LogP contribution in [0.1, 0.15) is 38.5 Å². The molecule has 0 radical (unpaired) electrons. The highest BCUT2D eigenvalue weighted by molar-refractivity contribution is 5.79. The summed E-state index contributed by atoms with van der Waals surface area (Å²) < 4.78 is 0. The highest BCUT2D eigenvalue weighted by Crippen LogP contribution is 2.48. The fourth-order valence-electron chi connectivity index (χ4n) is 5.24. The number of amides is 1. The first-order valence-corrected chi connectivity index (χ1v) is 10.6. The number of carbonyl (C=O) groups is 1. The Morgan fingerprint density at radius 3 is 2.50 bits per heavy atom. The van der Waals surface area contributed by atoms with Gasteiger partial charge in [-0.25, -0.2) is 0 Å². The van der Waals surface area contributed by atoms with Gasteiger partial charge in [0, 0.05) is 44.3 Å². The van der Waals surface area contributed by atoms with Gasteiger partial charge in [-0.15, -0.1) is 0 Å². The molecule has 1 heterocycles. The Hall–Kier alpha value is -1.55. The number of carbonyl (C=O) groups excluding carboxylic acids is 1. The van der Waals surface area contributed by atoms with Gasteiger partial charge in [0.2, 0.25) is 5.91 Å². The lowest BCUT2D eigenvalue weighted by Crippen LogP contribution is -2.46. The van der Waals surface area contributed by atoms with E-state index in [-0.39, 0.29) is 0 Å². The number of nitrogens with one attached hydrogen (secondary N) is 1. The number of unbranched alkanes of at least 4 members (excludes halogenated alkanes) is 1. The van der Waals surface area contributed by atoms with E-state index in [0.717, 1.165) is 58.0 Å². The number of nitrogens with zero attached hydrogens (tertiary/aromatic N) is 2. The molecular formula is C22H33N3O. The second-order valence-electron chi connectivity index (χ2n) is 8.44. The minimum Gasteiger partial charge on any atom is -0.369 e. The Morgan fingerprint density at radius 1 is 1.00 bits per heavy atom. The third-order valence-electron chi connectivity index (χ3n) is 6.77. The van der Waals surface area contributed by atoms with Crippen LogP contribution in [0.5, 0.6) is 0 Å². The zero-order valence-electron chi connectivity index (χ0n) is 15.9. The summed E-state index contributed by atoms with van der Waals surface area (Å²) >= 11 is 0. The first-order valence-electron chi connectivity index (χ1n) is 10.6. The summed E-state index contributed by atoms with van der Waals surface area (Å²) in [5, 5.41) is 3.21. The van der Waals surface area contributed by atoms with E-state index in [0.29, 0.717) is 17.7 Å². The van der Waals surface area contributed by atoms with Gasteiger partial charge in [0.05, 0.1) is 0 Å². The van der Waals surface area contributed by atoms with Crippen LogP contribution in [0.2, 0.25) is 0 Å². The molecule has 4 rings (SSSR count). The largest absolute Gasteiger partial charge is 0.369 e. The number of anilines is 1. The molecule has 1 aromatic rings. The molecule has 4 heteroatoms. The maximum Gasteiger partial charge on any atom is 0.223 e. The van der Waals surface area contributed by atoms with E-state index >= 15 is 0 Å². The maximum atomic E-state index is 12.3. The molecule has 3 aliphatic rings. The van der Waals surface area contributed by atoms with Crippen molar-refractivity contribution in [2.45, 2.75) is 38.5 Å². The molecule has 26 heavy (non-hydrogen) atoms. The molecule has 1 saturated heterocycles. The molecule has 1 aliphatic heterocycles. The summed E-state index contributed by atoms with van der Waals surface area (Å²) in [6.45, 7) is 6.54. The summed E-state index contributed by atoms with van der Waals surface area (Å²) in [5.41, 5.74) is 1.34. The Morgan fingerprint density at radius 2 is 1.81 bits per heavy atom. The number of benzene rings is 1. The van der Waals surface area contributed by atoms with E-state index in [9.17, 15) is 4.79 Å². The van der Waals surface area contributed by atoms with Gasteiger partial charge in [-0.1, -0.05) is 24.6 Å². The van der Waals surface area contributed by atoms with Crippen molar-refractivity contribution in [2.75, 3.05) is 44.2 Å². The van der Waals surface area contributed by atoms with E-state index < -0.39 is 0 Å². The molecule has 0 unspecified atom stereocenters. The van der Waals surface area contributed by atoms with Crippen molar-refractivity contribution >= 4 is 11.6 Å². The molecule has 142 valence electrons. The molecule has 1 N–H and O–H groups in total. The zero-order chi connectivity index (χ0) is 17.8. The molecule has 1 aromatic carbocycles. The molecule has 3 atom stereocenters. The van der Waals surface area contributed by atoms with Gasteiger partial charge in [0.1, 0.15) is 0 Å². The van der Waals surface area contributed by atoms with E-state index in [2.05, 4.69) is 45.4 Å². The van der Waals surface area contributed by atoms with Crippen LogP contribution in [0, 0.1) is 17.8 Å². The number of hydrogen-bond acceptors (Lipinski definition) is 3. The number of rotatable bonds is 7. The van der Waals surface area contributed by atoms with Gasteiger partial charge in [-0.3, -0.25) is 9.69 Å². The van der Waals surface area contributed by atoms with Crippen molar-refractivity contribution < 1.29 is 4.79 Å². The first kappa shape index (κ1) is 17.8. The number of hydrogen-bond donors (Lipinski definition) is 1. The van der Waals surface area contributed by atoms with Crippen molar-refractivity contribution in [3.05, 3.63) is 30.3 Å². The quantitative estimate of drug-likeness (QED) is 0.763. The van der Waals surface area contributed by atoms with Crippen LogP contribution in [0.25, 0.3) is 0 Å². The monoisotopic (exact) mass is 355 g/mol. The van der Waals surface area contributed by atoms with Crippen molar-refractivity contribution in [2.24, 2.45) is 17.8 Å². The van der Waals surface area contributed by atoms with Gasteiger partial charge in [0.25, 0.3) is 0 Å². The number of piperazine rings is 1. The van der Waals surface area contributed by atoms with Crippen molar-refractivity contribution in [3.63, 3.8) is 0 Å². The summed E-state index contributed by atoms with van der Waals surface area (Å²) in [6, 6.07) is 10.7. The maximum absolute atomic E-state index is 12.3. The predicted octanol–water partition coefficient (Wildman–Crippen LogP) is 3.14. The lowest BCUT2D eigenvalue weighted by atomic mass is 9.88. The lowest BCUT2D eigenvalue weighted by Gasteiger charge is -2.36. The SMILES string of the molecule is O=C(NCCCCN1CCN(c2ccccc2)CC1)[C@@H]1C[C@H]2CC[C@H]1C2. The van der Waals surface area contributed by atoms with E-state index in [1.807, 2.05) is 0 Å². The van der Waals surface area contributed by atoms with Gasteiger partial charge in [-0.2, -0.15) is 0 Å². The van der Waals surface area contributed by atoms with Crippen molar-refractivity contribution in [3.8, 4) is 0 Å². The second kappa shape index (κ2) is 8.43. The first-order chi connectivity index (χ1) is 12.8. The summed E-state index contributed by atoms with van der Waals surface area (Å²) in [7, 11) is 0. The molecule has 1 amide bonds. The number of fused-ring (bicyclic) bond motifs is 2. The molecule has 4 nitrogen and oxygen atoms in total. The summed E-state index contributed by atoms with van der Waals surface area (Å²) in [4.78, 5) is 17.4. The summed E-state index contributed by atoms with van der Waals surface area (Å²) in [6.07, 6.45) is 7.41. The van der Waals surface area contributed by atoms with Crippen LogP contribution in [0.4, 0.5) is 5.69 Å². The normalized spacial score (nSPS) is 28.5. The fourth-order valence-corrected chi connectivity index (χ4v) is 5.24. The fraction of sp³-hybridized carbons (Fsp3) is 0.682. The Balaban J connectivity index is 1.08. The van der Waals surface area contributed by atoms with Crippen LogP contribution in [-0.2, 0) is 4.79 Å². The van der Waals surface area contributed by atoms with Crippen LogP contribution >= 0.6 is 0 Å². The second-order valence-corrected chi connectivity index (χ2v) is 8.44. The molecule has 3 fully saturated rings. The Labute approximate surface area is 157 Å².